The quantitative estimate of drug-likeness (QED) is 0.0259. The summed E-state index contributed by atoms with van der Waals surface area (Å²) in [5, 5.41) is 33.0. The summed E-state index contributed by atoms with van der Waals surface area (Å²) in [5.74, 6) is -0.699. The minimum absolute atomic E-state index is 0.0215. The predicted octanol–water partition coefficient (Wildman–Crippen LogP) is -2.65. The van der Waals surface area contributed by atoms with Crippen LogP contribution in [0.2, 0.25) is 0 Å². The highest BCUT2D eigenvalue weighted by molar-refractivity contribution is 7.66. The largest absolute Gasteiger partial charge is 0.490 e. The van der Waals surface area contributed by atoms with Crippen LogP contribution in [0.15, 0.2) is 39.4 Å². The molecule has 0 aromatic carbocycles. The molecule has 3 saturated heterocycles. The molecular weight excluding hydrogens is 1150 g/mol. The molecule has 7 unspecified atom stereocenters. The van der Waals surface area contributed by atoms with Crippen LogP contribution in [0.3, 0.4) is 0 Å². The van der Waals surface area contributed by atoms with Crippen LogP contribution in [-0.2, 0) is 75.7 Å². The Morgan fingerprint density at radius 1 is 0.709 bits per heavy atom. The number of aromatic amines is 3. The molecule has 16 atom stereocenters. The fraction of sp³-hybridized carbons (Fsp3) is 0.568. The van der Waals surface area contributed by atoms with Gasteiger partial charge in [0, 0.05) is 12.8 Å². The molecule has 42 heteroatoms. The van der Waals surface area contributed by atoms with Crippen LogP contribution in [0.25, 0.3) is 33.4 Å². The zero-order chi connectivity index (χ0) is 57.4. The highest BCUT2D eigenvalue weighted by atomic mass is 31.3. The summed E-state index contributed by atoms with van der Waals surface area (Å²) in [6.07, 6.45) is -16.2. The van der Waals surface area contributed by atoms with Crippen LogP contribution < -0.4 is 32.7 Å². The average Bonchev–Trinajstić information content (AvgIpc) is 4.38. The summed E-state index contributed by atoms with van der Waals surface area (Å²) in [6.45, 7) is 1.62. The number of nitrogens with two attached hydrogens (primary N) is 2. The van der Waals surface area contributed by atoms with Gasteiger partial charge in [0.15, 0.2) is 35.5 Å². The molecule has 38 nitrogen and oxygen atoms in total. The van der Waals surface area contributed by atoms with Crippen molar-refractivity contribution in [1.29, 1.82) is 0 Å². The normalized spacial score (nSPS) is 29.6. The van der Waals surface area contributed by atoms with Crippen LogP contribution in [0, 0.1) is 6.92 Å². The Morgan fingerprint density at radius 3 is 1.94 bits per heavy atom. The molecule has 3 aliphatic rings. The topological polar surface area (TPSA) is 532 Å². The summed E-state index contributed by atoms with van der Waals surface area (Å²) in [6, 6.07) is 1.58. The number of phosphoric acid groups is 4. The smallest absolute Gasteiger partial charge is 0.387 e. The van der Waals surface area contributed by atoms with Gasteiger partial charge in [-0.25, -0.2) is 32.8 Å². The number of imidazole rings is 3. The second-order valence-electron chi connectivity index (χ2n) is 18.2. The predicted molar refractivity (Wildman–Crippen MR) is 258 cm³/mol. The second-order valence-corrected chi connectivity index (χ2v) is 24.3. The van der Waals surface area contributed by atoms with E-state index in [0.717, 1.165) is 22.6 Å². The van der Waals surface area contributed by atoms with Crippen LogP contribution in [0.1, 0.15) is 38.2 Å². The number of ether oxygens (including phenoxy) is 5. The average molecular weight is 1200 g/mol. The zero-order valence-corrected chi connectivity index (χ0v) is 45.0. The summed E-state index contributed by atoms with van der Waals surface area (Å²) in [4.78, 5) is 104. The van der Waals surface area contributed by atoms with E-state index in [-0.39, 0.29) is 45.3 Å². The maximum Gasteiger partial charge on any atom is 0.490 e. The molecule has 0 bridgehead atoms. The lowest BCUT2D eigenvalue weighted by atomic mass is 10.1. The molecule has 0 saturated carbocycles. The lowest BCUT2D eigenvalue weighted by Crippen LogP contribution is -2.46. The van der Waals surface area contributed by atoms with Gasteiger partial charge in [0.25, 0.3) is 22.6 Å². The number of nitrogen functional groups attached to an aromatic ring is 2. The van der Waals surface area contributed by atoms with Crippen molar-refractivity contribution in [2.45, 2.75) is 100 Å². The van der Waals surface area contributed by atoms with Gasteiger partial charge in [-0.05, 0) is 26.8 Å². The van der Waals surface area contributed by atoms with Gasteiger partial charge in [-0.1, -0.05) is 4.98 Å². The number of aromatic nitrogens is 11. The Balaban J connectivity index is 0.887. The Morgan fingerprint density at radius 2 is 1.28 bits per heavy atom. The molecule has 6 aromatic heterocycles. The van der Waals surface area contributed by atoms with Crippen molar-refractivity contribution in [3.05, 3.63) is 61.8 Å². The maximum atomic E-state index is 14.0. The standard InChI is InChI=1S/C37H51N13O25P4/c1-13(2)69-25-17(71-34(24(25)53)48-10-40-19-15(48)6-14(3)42-30(19)54)8-66-76(57,58)73-26-18(72-35(27(26)65-5)49-11-41-20-28(49)43-36(38)45-31(20)55)9-68-78(61,62)75-79(63,64)74-77(59,60)67-7-16-22(51)23(52)33(70-16)50-12-47(4)21-29(50)44-37(39)46-32(21)56/h6,10-13,16-18,22-27,33-35,51-53H,7-9H2,1-5H3,(H10-,38,39,42,43,44,45,46,54,55,56,57,58,59,60,61,62,63,64)/p+1/t16-,17-,18-,22+,23?,24+,25?,26?,27+,33-,34-,35-/m1/s1. The number of aryl methyl sites for hydroxylation is 2. The van der Waals surface area contributed by atoms with Crippen LogP contribution in [0.4, 0.5) is 11.9 Å². The van der Waals surface area contributed by atoms with Crippen molar-refractivity contribution >= 4 is 76.5 Å². The minimum Gasteiger partial charge on any atom is -0.387 e. The number of pyridine rings is 1. The minimum atomic E-state index is -6.23. The van der Waals surface area contributed by atoms with Crippen LogP contribution >= 0.6 is 31.3 Å². The first-order chi connectivity index (χ1) is 37.0. The fourth-order valence-corrected chi connectivity index (χ4v) is 13.6. The van der Waals surface area contributed by atoms with Gasteiger partial charge in [-0.3, -0.25) is 51.6 Å². The van der Waals surface area contributed by atoms with E-state index in [2.05, 4.69) is 43.5 Å². The number of aliphatic hydroxyl groups excluding tert-OH is 3. The highest BCUT2D eigenvalue weighted by Crippen LogP contribution is 2.68. The van der Waals surface area contributed by atoms with E-state index >= 15 is 0 Å². The lowest BCUT2D eigenvalue weighted by Gasteiger charge is -2.27. The van der Waals surface area contributed by atoms with Gasteiger partial charge >= 0.3 is 36.9 Å². The molecule has 79 heavy (non-hydrogen) atoms. The number of methoxy groups -OCH3 is 1. The summed E-state index contributed by atoms with van der Waals surface area (Å²) < 4.78 is 116. The van der Waals surface area contributed by atoms with E-state index < -0.39 is 148 Å². The molecule has 9 heterocycles. The first-order valence-corrected chi connectivity index (χ1v) is 29.0. The number of hydrogen-bond acceptors (Lipinski definition) is 27. The molecule has 14 N–H and O–H groups in total. The third-order valence-corrected chi connectivity index (χ3v) is 17.5. The molecule has 6 aromatic rings. The van der Waals surface area contributed by atoms with Crippen LogP contribution in [0.5, 0.6) is 0 Å². The molecule has 9 rings (SSSR count). The summed E-state index contributed by atoms with van der Waals surface area (Å²) in [5.41, 5.74) is 9.57. The first kappa shape index (κ1) is 58.6. The highest BCUT2D eigenvalue weighted by Gasteiger charge is 2.54. The van der Waals surface area contributed by atoms with Gasteiger partial charge < -0.3 is 79.6 Å². The van der Waals surface area contributed by atoms with Gasteiger partial charge in [0.05, 0.1) is 51.1 Å². The van der Waals surface area contributed by atoms with Gasteiger partial charge in [-0.15, -0.1) is 0 Å². The zero-order valence-electron chi connectivity index (χ0n) is 41.4. The molecular formula is C37H52N13O25P4+. The number of aliphatic hydroxyl groups is 3. The van der Waals surface area contributed by atoms with E-state index in [9.17, 15) is 67.5 Å². The number of nitrogens with one attached hydrogen (secondary N) is 3. The van der Waals surface area contributed by atoms with Crippen molar-refractivity contribution in [3.63, 3.8) is 0 Å². The summed E-state index contributed by atoms with van der Waals surface area (Å²) in [7, 11) is -21.0. The van der Waals surface area contributed by atoms with E-state index in [4.69, 9.17) is 53.2 Å². The van der Waals surface area contributed by atoms with Gasteiger partial charge in [0.2, 0.25) is 17.7 Å². The molecule has 0 aliphatic carbocycles. The molecule has 0 radical (unpaired) electrons. The molecule has 0 spiro atoms. The van der Waals surface area contributed by atoms with Crippen LogP contribution in [-0.4, -0.2) is 171 Å². The Hall–Kier alpha value is -5.08. The fourth-order valence-electron chi connectivity index (χ4n) is 9.07. The van der Waals surface area contributed by atoms with Crippen molar-refractivity contribution in [2.75, 3.05) is 38.4 Å². The van der Waals surface area contributed by atoms with E-state index in [1.807, 2.05) is 0 Å². The first-order valence-electron chi connectivity index (χ1n) is 23.1. The third-order valence-electron chi connectivity index (χ3n) is 12.3. The van der Waals surface area contributed by atoms with Crippen molar-refractivity contribution < 1.29 is 108 Å². The Bertz CT molecular complexity index is 3660. The molecule has 3 fully saturated rings. The van der Waals surface area contributed by atoms with Crippen molar-refractivity contribution in [1.82, 2.24) is 48.6 Å². The van der Waals surface area contributed by atoms with Gasteiger partial charge in [0.1, 0.15) is 54.9 Å². The molecule has 0 amide bonds. The van der Waals surface area contributed by atoms with E-state index in [0.29, 0.717) is 5.69 Å². The van der Waals surface area contributed by atoms with E-state index in [1.165, 1.54) is 28.8 Å². The Labute approximate surface area is 440 Å². The summed E-state index contributed by atoms with van der Waals surface area (Å²) >= 11 is 0. The Kier molecular flexibility index (Phi) is 16.3. The third kappa shape index (κ3) is 12.1. The van der Waals surface area contributed by atoms with Crippen molar-refractivity contribution in [2.24, 2.45) is 7.05 Å². The SMILES string of the molecule is CO[C@H]1C(OP(=O)(O)OC[C@H]2O[C@@H](n3cnc4c(=O)[nH]c(C)cc43)[C@@H](O)C2OC(C)C)[C@@H](COP(=O)(O)OP(=O)(O)OP(=O)(O)OC[C@H]2O[C@@H]([n+]3cn(C)c4c(=O)[nH]c(N)nc43)C(O)[C@H]2O)O[C@H]1n1cnc2c(=O)[nH]c(N)nc21. The number of hydrogen-bond donors (Lipinski definition) is 12. The molecule has 434 valence electrons. The van der Waals surface area contributed by atoms with Gasteiger partial charge in [-0.2, -0.15) is 13.6 Å². The number of nitrogens with zero attached hydrogens (tertiary/aromatic N) is 8. The maximum absolute atomic E-state index is 14.0. The number of rotatable bonds is 21. The lowest BCUT2D eigenvalue weighted by molar-refractivity contribution is -0.745. The number of anilines is 2. The number of phosphoric ester groups is 3. The number of fused-ring (bicyclic) bond motifs is 3. The number of H-pyrrole nitrogens is 3. The van der Waals surface area contributed by atoms with E-state index in [1.54, 1.807) is 26.8 Å². The van der Waals surface area contributed by atoms with Crippen molar-refractivity contribution in [3.8, 4) is 0 Å². The molecule has 3 aliphatic heterocycles. The monoisotopic (exact) mass is 1200 g/mol. The second kappa shape index (κ2) is 22.0.